The van der Waals surface area contributed by atoms with Crippen molar-refractivity contribution in [3.05, 3.63) is 35.9 Å². The van der Waals surface area contributed by atoms with E-state index in [1.165, 1.54) is 6.82 Å². The van der Waals surface area contributed by atoms with Crippen LogP contribution in [0.5, 0.6) is 0 Å². The first-order valence-corrected chi connectivity index (χ1v) is 6.36. The molecule has 1 aromatic carbocycles. The molecule has 1 fully saturated rings. The second-order valence-electron chi connectivity index (χ2n) is 5.03. The van der Waals surface area contributed by atoms with Gasteiger partial charge >= 0.3 is 13.0 Å². The van der Waals surface area contributed by atoms with Crippen molar-refractivity contribution < 1.29 is 19.7 Å². The molecular weight excluding hydrogens is 245 g/mol. The highest BCUT2D eigenvalue weighted by molar-refractivity contribution is 6.46. The average Bonchev–Trinajstić information content (AvgIpc) is 2.32. The fourth-order valence-electron chi connectivity index (χ4n) is 2.38. The summed E-state index contributed by atoms with van der Waals surface area (Å²) in [6.07, 6.45) is 0.669. The number of carboxylic acids is 1. The van der Waals surface area contributed by atoms with Crippen molar-refractivity contribution in [3.63, 3.8) is 0 Å². The molecule has 0 spiro atoms. The molecule has 6 heteroatoms. The van der Waals surface area contributed by atoms with Crippen LogP contribution in [0, 0.1) is 0 Å². The maximum atomic E-state index is 11.2. The van der Waals surface area contributed by atoms with E-state index < -0.39 is 18.6 Å². The number of nitrogens with one attached hydrogen (secondary N) is 1. The quantitative estimate of drug-likeness (QED) is 0.664. The van der Waals surface area contributed by atoms with E-state index >= 15 is 0 Å². The summed E-state index contributed by atoms with van der Waals surface area (Å²) in [5.74, 6) is -0.937. The van der Waals surface area contributed by atoms with Gasteiger partial charge in [0.05, 0.1) is 12.7 Å². The van der Waals surface area contributed by atoms with E-state index in [0.29, 0.717) is 19.4 Å². The molecule has 0 heterocycles. The second-order valence-corrected chi connectivity index (χ2v) is 5.03. The third kappa shape index (κ3) is 3.35. The topological polar surface area (TPSA) is 78.8 Å². The summed E-state index contributed by atoms with van der Waals surface area (Å²) in [4.78, 5) is 11.2. The molecule has 19 heavy (non-hydrogen) atoms. The highest BCUT2D eigenvalue weighted by Gasteiger charge is 2.51. The number of hydrogen-bond donors (Lipinski definition) is 3. The molecule has 0 aromatic heterocycles. The lowest BCUT2D eigenvalue weighted by molar-refractivity contribution is -0.157. The Bertz CT molecular complexity index is 432. The molecule has 1 aliphatic carbocycles. The van der Waals surface area contributed by atoms with E-state index in [4.69, 9.17) is 4.74 Å². The van der Waals surface area contributed by atoms with Crippen molar-refractivity contribution in [2.75, 3.05) is 0 Å². The smallest absolute Gasteiger partial charge is 0.374 e. The van der Waals surface area contributed by atoms with Crippen molar-refractivity contribution in [3.8, 4) is 0 Å². The van der Waals surface area contributed by atoms with Crippen LogP contribution in [0.3, 0.4) is 0 Å². The first-order valence-electron chi connectivity index (χ1n) is 6.36. The first kappa shape index (κ1) is 14.1. The molecular formula is C13H18BNO4. The van der Waals surface area contributed by atoms with Gasteiger partial charge in [-0.05, 0) is 12.4 Å². The summed E-state index contributed by atoms with van der Waals surface area (Å²) in [6, 6.07) is 9.76. The van der Waals surface area contributed by atoms with Crippen molar-refractivity contribution >= 4 is 13.0 Å². The minimum absolute atomic E-state index is 0.0810. The summed E-state index contributed by atoms with van der Waals surface area (Å²) in [6.45, 7) is 2.00. The number of carbonyl (C=O) groups is 1. The fraction of sp³-hybridized carbons (Fsp3) is 0.462. The molecule has 1 saturated carbocycles. The van der Waals surface area contributed by atoms with Crippen molar-refractivity contribution in [2.45, 2.75) is 37.9 Å². The first-order chi connectivity index (χ1) is 9.02. The largest absolute Gasteiger partial charge is 0.480 e. The van der Waals surface area contributed by atoms with Crippen molar-refractivity contribution in [2.24, 2.45) is 0 Å². The highest BCUT2D eigenvalue weighted by atomic mass is 16.5. The normalized spacial score (nSPS) is 25.7. The van der Waals surface area contributed by atoms with Crippen LogP contribution in [0.25, 0.3) is 0 Å². The highest BCUT2D eigenvalue weighted by Crippen LogP contribution is 2.35. The van der Waals surface area contributed by atoms with Gasteiger partial charge in [-0.15, -0.1) is 0 Å². The van der Waals surface area contributed by atoms with Crippen molar-refractivity contribution in [1.29, 1.82) is 0 Å². The molecule has 1 aliphatic rings. The van der Waals surface area contributed by atoms with E-state index in [1.54, 1.807) is 0 Å². The molecule has 2 rings (SSSR count). The number of hydrogen-bond acceptors (Lipinski definition) is 4. The van der Waals surface area contributed by atoms with Gasteiger partial charge < -0.3 is 20.1 Å². The molecule has 0 unspecified atom stereocenters. The maximum absolute atomic E-state index is 11.2. The Hall–Kier alpha value is -1.37. The van der Waals surface area contributed by atoms with Gasteiger partial charge in [0, 0.05) is 12.8 Å². The molecule has 0 atom stereocenters. The molecule has 5 nitrogen and oxygen atoms in total. The molecule has 0 aliphatic heterocycles. The van der Waals surface area contributed by atoms with Gasteiger partial charge in [-0.1, -0.05) is 30.3 Å². The Morgan fingerprint density at radius 2 is 2.11 bits per heavy atom. The Morgan fingerprint density at radius 3 is 2.63 bits per heavy atom. The zero-order valence-electron chi connectivity index (χ0n) is 10.9. The number of ether oxygens (including phenoxy) is 1. The van der Waals surface area contributed by atoms with Crippen LogP contribution < -0.4 is 5.23 Å². The minimum Gasteiger partial charge on any atom is -0.480 e. The number of aliphatic carboxylic acids is 1. The van der Waals surface area contributed by atoms with Gasteiger partial charge in [-0.25, -0.2) is 0 Å². The number of rotatable bonds is 6. The lowest BCUT2D eigenvalue weighted by Crippen LogP contribution is -2.66. The third-order valence-electron chi connectivity index (χ3n) is 3.38. The van der Waals surface area contributed by atoms with Crippen LogP contribution in [0.4, 0.5) is 0 Å². The molecule has 0 saturated heterocycles. The standard InChI is InChI=1S/C13H18BNO4/c1-14(18)15-13(12(16)17)7-11(8-13)19-9-10-5-3-2-4-6-10/h2-6,11,15,18H,7-9H2,1H3,(H,16,17)/t11-,13+. The van der Waals surface area contributed by atoms with E-state index in [0.717, 1.165) is 5.56 Å². The molecule has 0 bridgehead atoms. The Kier molecular flexibility index (Phi) is 4.24. The van der Waals surface area contributed by atoms with Crippen LogP contribution in [-0.4, -0.2) is 34.8 Å². The predicted octanol–water partition coefficient (Wildman–Crippen LogP) is 0.889. The monoisotopic (exact) mass is 263 g/mol. The van der Waals surface area contributed by atoms with Gasteiger partial charge in [0.15, 0.2) is 0 Å². The van der Waals surface area contributed by atoms with E-state index in [-0.39, 0.29) is 6.10 Å². The summed E-state index contributed by atoms with van der Waals surface area (Å²) in [5.41, 5.74) is 0.0222. The zero-order valence-corrected chi connectivity index (χ0v) is 10.9. The maximum Gasteiger partial charge on any atom is 0.374 e. The fourth-order valence-corrected chi connectivity index (χ4v) is 2.38. The lowest BCUT2D eigenvalue weighted by Gasteiger charge is -2.45. The van der Waals surface area contributed by atoms with Gasteiger partial charge in [-0.2, -0.15) is 0 Å². The van der Waals surface area contributed by atoms with Gasteiger partial charge in [0.1, 0.15) is 5.54 Å². The minimum atomic E-state index is -1.05. The van der Waals surface area contributed by atoms with Gasteiger partial charge in [0.25, 0.3) is 0 Å². The zero-order chi connectivity index (χ0) is 13.9. The average molecular weight is 263 g/mol. The Labute approximate surface area is 112 Å². The molecule has 0 amide bonds. The summed E-state index contributed by atoms with van der Waals surface area (Å²) in [7, 11) is -0.842. The second kappa shape index (κ2) is 5.73. The molecule has 102 valence electrons. The van der Waals surface area contributed by atoms with Crippen molar-refractivity contribution in [1.82, 2.24) is 5.23 Å². The molecule has 0 radical (unpaired) electrons. The van der Waals surface area contributed by atoms with Gasteiger partial charge in [0.2, 0.25) is 0 Å². The lowest BCUT2D eigenvalue weighted by atomic mass is 9.69. The van der Waals surface area contributed by atoms with Gasteiger partial charge in [-0.3, -0.25) is 4.79 Å². The van der Waals surface area contributed by atoms with Crippen LogP contribution in [-0.2, 0) is 16.1 Å². The van der Waals surface area contributed by atoms with Crippen LogP contribution in [0.2, 0.25) is 6.82 Å². The summed E-state index contributed by atoms with van der Waals surface area (Å²) >= 11 is 0. The number of carboxylic acid groups (broad SMARTS) is 1. The van der Waals surface area contributed by atoms with Crippen LogP contribution >= 0.6 is 0 Å². The third-order valence-corrected chi connectivity index (χ3v) is 3.38. The molecule has 3 N–H and O–H groups in total. The summed E-state index contributed by atoms with van der Waals surface area (Å²) < 4.78 is 5.67. The van der Waals surface area contributed by atoms with Crippen LogP contribution in [0.15, 0.2) is 30.3 Å². The molecule has 1 aromatic rings. The Balaban J connectivity index is 1.82. The van der Waals surface area contributed by atoms with E-state index in [1.807, 2.05) is 30.3 Å². The van der Waals surface area contributed by atoms with E-state index in [9.17, 15) is 14.9 Å². The summed E-state index contributed by atoms with van der Waals surface area (Å²) in [5, 5.41) is 21.2. The SMILES string of the molecule is CB(O)N[C@]1(C(=O)O)C[C@H](OCc2ccccc2)C1. The number of benzene rings is 1. The van der Waals surface area contributed by atoms with E-state index in [2.05, 4.69) is 5.23 Å². The predicted molar refractivity (Wildman–Crippen MR) is 71.6 cm³/mol. The van der Waals surface area contributed by atoms with Crippen LogP contribution in [0.1, 0.15) is 18.4 Å². The Morgan fingerprint density at radius 1 is 1.47 bits per heavy atom.